The van der Waals surface area contributed by atoms with Crippen molar-refractivity contribution in [1.29, 1.82) is 0 Å². The Morgan fingerprint density at radius 1 is 1.32 bits per heavy atom. The predicted molar refractivity (Wildman–Crippen MR) is 118 cm³/mol. The first-order chi connectivity index (χ1) is 15.0. The third-order valence-electron chi connectivity index (χ3n) is 6.37. The van der Waals surface area contributed by atoms with Gasteiger partial charge in [0, 0.05) is 43.2 Å². The Bertz CT molecular complexity index is 904. The van der Waals surface area contributed by atoms with Crippen LogP contribution < -0.4 is 10.6 Å². The lowest BCUT2D eigenvalue weighted by molar-refractivity contribution is -0.126. The molecule has 3 heterocycles. The molecule has 7 nitrogen and oxygen atoms in total. The summed E-state index contributed by atoms with van der Waals surface area (Å²) >= 11 is 6.13. The highest BCUT2D eigenvalue weighted by molar-refractivity contribution is 6.30. The summed E-state index contributed by atoms with van der Waals surface area (Å²) in [6, 6.07) is 11.5. The monoisotopic (exact) mass is 444 g/mol. The summed E-state index contributed by atoms with van der Waals surface area (Å²) in [5.74, 6) is 0.799. The van der Waals surface area contributed by atoms with Gasteiger partial charge in [0.15, 0.2) is 0 Å². The van der Waals surface area contributed by atoms with Crippen molar-refractivity contribution in [3.05, 3.63) is 59.0 Å². The summed E-state index contributed by atoms with van der Waals surface area (Å²) in [5, 5.41) is 6.71. The van der Waals surface area contributed by atoms with Crippen LogP contribution in [0.3, 0.4) is 0 Å². The Morgan fingerprint density at radius 3 is 2.97 bits per heavy atom. The molecule has 0 radical (unpaired) electrons. The van der Waals surface area contributed by atoms with Gasteiger partial charge < -0.3 is 15.1 Å². The van der Waals surface area contributed by atoms with Crippen LogP contribution in [0.2, 0.25) is 5.02 Å². The highest BCUT2D eigenvalue weighted by atomic mass is 35.5. The molecule has 2 aliphatic heterocycles. The number of carbonyl (C=O) groups excluding carboxylic acids is 2. The molecule has 1 aromatic heterocycles. The van der Waals surface area contributed by atoms with Gasteiger partial charge in [0.2, 0.25) is 11.8 Å². The van der Waals surface area contributed by atoms with Crippen LogP contribution in [0, 0.1) is 0 Å². The van der Waals surface area contributed by atoms with Gasteiger partial charge in [-0.25, -0.2) is 0 Å². The average molecular weight is 445 g/mol. The predicted octanol–water partition coefficient (Wildman–Crippen LogP) is 2.40. The Kier molecular flexibility index (Phi) is 6.95. The Morgan fingerprint density at radius 2 is 2.19 bits per heavy atom. The number of fused-ring (bicyclic) bond motifs is 1. The van der Waals surface area contributed by atoms with Gasteiger partial charge in [-0.1, -0.05) is 23.7 Å². The molecule has 166 valence electrons. The number of likely N-dealkylation sites (N-methyl/N-ethyl adjacent to an activating group) is 1. The quantitative estimate of drug-likeness (QED) is 0.685. The molecule has 2 N–H and O–H groups in total. The third-order valence-corrected chi connectivity index (χ3v) is 6.60. The second-order valence-corrected chi connectivity index (χ2v) is 8.80. The van der Waals surface area contributed by atoms with Crippen LogP contribution in [0.1, 0.15) is 30.6 Å². The third kappa shape index (κ3) is 5.29. The van der Waals surface area contributed by atoms with Crippen molar-refractivity contribution in [2.24, 2.45) is 0 Å². The number of amides is 2. The fourth-order valence-electron chi connectivity index (χ4n) is 4.68. The molecule has 4 rings (SSSR count). The van der Waals surface area contributed by atoms with Crippen LogP contribution in [-0.4, -0.2) is 59.9 Å². The van der Waals surface area contributed by atoms with Gasteiger partial charge in [-0.3, -0.25) is 19.4 Å². The van der Waals surface area contributed by atoms with Crippen LogP contribution >= 0.6 is 11.6 Å². The lowest BCUT2D eigenvalue weighted by atomic mass is 10.0. The van der Waals surface area contributed by atoms with Crippen LogP contribution in [-0.2, 0) is 22.7 Å². The summed E-state index contributed by atoms with van der Waals surface area (Å²) in [5.41, 5.74) is 1.11. The summed E-state index contributed by atoms with van der Waals surface area (Å²) in [6.45, 7) is 2.50. The van der Waals surface area contributed by atoms with Crippen LogP contribution in [0.4, 0.5) is 0 Å². The molecule has 0 unspecified atom stereocenters. The average Bonchev–Trinajstić information content (AvgIpc) is 3.39. The molecule has 0 spiro atoms. The molecule has 31 heavy (non-hydrogen) atoms. The Hall–Kier alpha value is -2.35. The Labute approximate surface area is 187 Å². The fourth-order valence-corrected chi connectivity index (χ4v) is 4.89. The molecular weight excluding hydrogens is 416 g/mol. The van der Waals surface area contributed by atoms with E-state index in [9.17, 15) is 9.59 Å². The SMILES string of the molecule is CN1[C@@H](CCC(=O)NCc2ccco2)CNC(=O)[C@@H]2[C@@H]1CCN2Cc1cccc(Cl)c1. The number of rotatable bonds is 7. The number of nitrogens with one attached hydrogen (secondary N) is 2. The van der Waals surface area contributed by atoms with Crippen molar-refractivity contribution >= 4 is 23.4 Å². The smallest absolute Gasteiger partial charge is 0.239 e. The van der Waals surface area contributed by atoms with Gasteiger partial charge in [-0.2, -0.15) is 0 Å². The standard InChI is InChI=1S/C23H29ClN4O3/c1-27-18(7-8-21(29)25-14-19-6-3-11-31-19)13-26-23(30)22-20(27)9-10-28(22)15-16-4-2-5-17(24)12-16/h2-6,11-12,18,20,22H,7-10,13-15H2,1H3,(H,25,29)(H,26,30)/t18-,20-,22-/m0/s1. The molecule has 2 amide bonds. The number of hydrogen-bond donors (Lipinski definition) is 2. The lowest BCUT2D eigenvalue weighted by Crippen LogP contribution is -2.49. The maximum absolute atomic E-state index is 12.9. The second-order valence-electron chi connectivity index (χ2n) is 8.36. The van der Waals surface area contributed by atoms with Crippen molar-refractivity contribution in [2.45, 2.75) is 50.5 Å². The van der Waals surface area contributed by atoms with Crippen LogP contribution in [0.5, 0.6) is 0 Å². The second kappa shape index (κ2) is 9.85. The van der Waals surface area contributed by atoms with E-state index in [-0.39, 0.29) is 29.9 Å². The first-order valence-electron chi connectivity index (χ1n) is 10.8. The molecule has 2 saturated heterocycles. The molecular formula is C23H29ClN4O3. The van der Waals surface area contributed by atoms with Gasteiger partial charge in [0.05, 0.1) is 12.8 Å². The largest absolute Gasteiger partial charge is 0.467 e. The number of nitrogens with zero attached hydrogens (tertiary/aromatic N) is 2. The van der Waals surface area contributed by atoms with Crippen LogP contribution in [0.25, 0.3) is 0 Å². The van der Waals surface area contributed by atoms with Crippen molar-refractivity contribution in [3.63, 3.8) is 0 Å². The van der Waals surface area contributed by atoms with Gasteiger partial charge >= 0.3 is 0 Å². The van der Waals surface area contributed by atoms with Crippen LogP contribution in [0.15, 0.2) is 47.1 Å². The molecule has 2 fully saturated rings. The topological polar surface area (TPSA) is 77.8 Å². The minimum absolute atomic E-state index is 0.00840. The molecule has 2 aromatic rings. The molecule has 8 heteroatoms. The number of hydrogen-bond acceptors (Lipinski definition) is 5. The first kappa shape index (κ1) is 21.9. The van der Waals surface area contributed by atoms with Crippen molar-refractivity contribution in [1.82, 2.24) is 20.4 Å². The zero-order chi connectivity index (χ0) is 21.8. The van der Waals surface area contributed by atoms with Gasteiger partial charge in [-0.15, -0.1) is 0 Å². The van der Waals surface area contributed by atoms with E-state index < -0.39 is 0 Å². The zero-order valence-corrected chi connectivity index (χ0v) is 18.5. The number of benzene rings is 1. The Balaban J connectivity index is 1.34. The van der Waals surface area contributed by atoms with E-state index in [1.54, 1.807) is 12.3 Å². The molecule has 0 saturated carbocycles. The first-order valence-corrected chi connectivity index (χ1v) is 11.2. The highest BCUT2D eigenvalue weighted by Gasteiger charge is 2.44. The summed E-state index contributed by atoms with van der Waals surface area (Å²) in [6.07, 6.45) is 3.63. The van der Waals surface area contributed by atoms with E-state index in [4.69, 9.17) is 16.0 Å². The fraction of sp³-hybridized carbons (Fsp3) is 0.478. The molecule has 0 bridgehead atoms. The molecule has 0 aliphatic carbocycles. The minimum Gasteiger partial charge on any atom is -0.467 e. The van der Waals surface area contributed by atoms with Crippen molar-refractivity contribution in [3.8, 4) is 0 Å². The number of halogens is 1. The number of furan rings is 1. The van der Waals surface area contributed by atoms with E-state index in [2.05, 4.69) is 27.5 Å². The van der Waals surface area contributed by atoms with E-state index in [1.165, 1.54) is 0 Å². The van der Waals surface area contributed by atoms with Gasteiger partial charge in [-0.05, 0) is 49.7 Å². The van der Waals surface area contributed by atoms with E-state index in [1.807, 2.05) is 30.3 Å². The maximum Gasteiger partial charge on any atom is 0.239 e. The van der Waals surface area contributed by atoms with E-state index in [0.717, 1.165) is 24.3 Å². The van der Waals surface area contributed by atoms with E-state index >= 15 is 0 Å². The van der Waals surface area contributed by atoms with Gasteiger partial charge in [0.1, 0.15) is 11.8 Å². The molecule has 1 aromatic carbocycles. The minimum atomic E-state index is -0.193. The lowest BCUT2D eigenvalue weighted by Gasteiger charge is -2.33. The normalized spacial score (nSPS) is 24.5. The summed E-state index contributed by atoms with van der Waals surface area (Å²) in [7, 11) is 2.08. The number of likely N-dealkylation sites (tertiary alicyclic amines) is 1. The number of carbonyl (C=O) groups is 2. The highest BCUT2D eigenvalue weighted by Crippen LogP contribution is 2.29. The molecule has 2 aliphatic rings. The summed E-state index contributed by atoms with van der Waals surface area (Å²) < 4.78 is 5.25. The van der Waals surface area contributed by atoms with E-state index in [0.29, 0.717) is 37.5 Å². The maximum atomic E-state index is 12.9. The molecule has 3 atom stereocenters. The zero-order valence-electron chi connectivity index (χ0n) is 17.7. The van der Waals surface area contributed by atoms with Gasteiger partial charge in [0.25, 0.3) is 0 Å². The van der Waals surface area contributed by atoms with Crippen molar-refractivity contribution < 1.29 is 14.0 Å². The van der Waals surface area contributed by atoms with Crippen molar-refractivity contribution in [2.75, 3.05) is 20.1 Å². The summed E-state index contributed by atoms with van der Waals surface area (Å²) in [4.78, 5) is 29.7.